The lowest BCUT2D eigenvalue weighted by Crippen LogP contribution is -2.34. The van der Waals surface area contributed by atoms with Gasteiger partial charge in [-0.2, -0.15) is 0 Å². The van der Waals surface area contributed by atoms with Gasteiger partial charge in [0.2, 0.25) is 0 Å². The Morgan fingerprint density at radius 2 is 1.35 bits per heavy atom. The van der Waals surface area contributed by atoms with E-state index < -0.39 is 5.60 Å². The molecular formula is C22H44O. The fourth-order valence-electron chi connectivity index (χ4n) is 4.50. The Morgan fingerprint density at radius 3 is 1.87 bits per heavy atom. The van der Waals surface area contributed by atoms with Crippen molar-refractivity contribution >= 4 is 0 Å². The standard InChI is InChI=1S/C22H44O/c1-4-5-6-7-8-9-10-11-12-13-16-20(2)19-22(3,23)21-17-14-15-18-21/h20-21,23H,4-19H2,1-3H3. The van der Waals surface area contributed by atoms with Gasteiger partial charge in [-0.05, 0) is 38.0 Å². The van der Waals surface area contributed by atoms with E-state index in [9.17, 15) is 5.11 Å². The summed E-state index contributed by atoms with van der Waals surface area (Å²) in [7, 11) is 0. The third-order valence-electron chi connectivity index (χ3n) is 6.05. The zero-order valence-electron chi connectivity index (χ0n) is 16.4. The topological polar surface area (TPSA) is 20.2 Å². The zero-order valence-corrected chi connectivity index (χ0v) is 16.4. The van der Waals surface area contributed by atoms with Crippen LogP contribution in [0, 0.1) is 11.8 Å². The molecular weight excluding hydrogens is 280 g/mol. The normalized spacial score (nSPS) is 19.8. The predicted molar refractivity (Wildman–Crippen MR) is 103 cm³/mol. The number of unbranched alkanes of at least 4 members (excludes halogenated alkanes) is 9. The molecule has 1 aliphatic carbocycles. The van der Waals surface area contributed by atoms with Crippen LogP contribution in [-0.4, -0.2) is 10.7 Å². The fourth-order valence-corrected chi connectivity index (χ4v) is 4.50. The lowest BCUT2D eigenvalue weighted by molar-refractivity contribution is -0.0193. The Hall–Kier alpha value is -0.0400. The Balaban J connectivity index is 1.94. The maximum atomic E-state index is 10.7. The Bertz CT molecular complexity index is 265. The number of aliphatic hydroxyl groups is 1. The van der Waals surface area contributed by atoms with Crippen LogP contribution in [-0.2, 0) is 0 Å². The lowest BCUT2D eigenvalue weighted by Gasteiger charge is -2.32. The summed E-state index contributed by atoms with van der Waals surface area (Å²) >= 11 is 0. The van der Waals surface area contributed by atoms with Crippen molar-refractivity contribution in [3.8, 4) is 0 Å². The molecule has 1 saturated carbocycles. The minimum atomic E-state index is -0.408. The monoisotopic (exact) mass is 324 g/mol. The second-order valence-electron chi connectivity index (χ2n) is 8.62. The summed E-state index contributed by atoms with van der Waals surface area (Å²) in [5.74, 6) is 1.25. The van der Waals surface area contributed by atoms with E-state index in [-0.39, 0.29) is 0 Å². The molecule has 0 aromatic heterocycles. The van der Waals surface area contributed by atoms with Crippen molar-refractivity contribution in [3.05, 3.63) is 0 Å². The van der Waals surface area contributed by atoms with Gasteiger partial charge in [-0.3, -0.25) is 0 Å². The van der Waals surface area contributed by atoms with Gasteiger partial charge in [-0.15, -0.1) is 0 Å². The van der Waals surface area contributed by atoms with E-state index in [0.717, 1.165) is 6.42 Å². The molecule has 1 N–H and O–H groups in total. The molecule has 0 radical (unpaired) electrons. The van der Waals surface area contributed by atoms with E-state index in [4.69, 9.17) is 0 Å². The van der Waals surface area contributed by atoms with Crippen LogP contribution in [0.2, 0.25) is 0 Å². The minimum absolute atomic E-state index is 0.408. The predicted octanol–water partition coefficient (Wildman–Crippen LogP) is 7.26. The van der Waals surface area contributed by atoms with Gasteiger partial charge in [0.15, 0.2) is 0 Å². The summed E-state index contributed by atoms with van der Waals surface area (Å²) in [6, 6.07) is 0. The van der Waals surface area contributed by atoms with Gasteiger partial charge in [0.25, 0.3) is 0 Å². The summed E-state index contributed by atoms with van der Waals surface area (Å²) in [6.45, 7) is 6.73. The molecule has 1 nitrogen and oxygen atoms in total. The molecule has 138 valence electrons. The van der Waals surface area contributed by atoms with Crippen molar-refractivity contribution in [2.45, 2.75) is 129 Å². The zero-order chi connectivity index (χ0) is 17.0. The van der Waals surface area contributed by atoms with Crippen molar-refractivity contribution in [2.24, 2.45) is 11.8 Å². The highest BCUT2D eigenvalue weighted by molar-refractivity contribution is 4.86. The molecule has 0 heterocycles. The quantitative estimate of drug-likeness (QED) is 0.333. The van der Waals surface area contributed by atoms with E-state index >= 15 is 0 Å². The van der Waals surface area contributed by atoms with Gasteiger partial charge in [-0.25, -0.2) is 0 Å². The van der Waals surface area contributed by atoms with Crippen LogP contribution in [0.5, 0.6) is 0 Å². The molecule has 0 aromatic carbocycles. The summed E-state index contributed by atoms with van der Waals surface area (Å²) < 4.78 is 0. The summed E-state index contributed by atoms with van der Waals surface area (Å²) in [5, 5.41) is 10.7. The van der Waals surface area contributed by atoms with Gasteiger partial charge in [0.1, 0.15) is 0 Å². The molecule has 0 spiro atoms. The molecule has 1 aliphatic rings. The molecule has 0 saturated heterocycles. The Morgan fingerprint density at radius 1 is 0.870 bits per heavy atom. The maximum Gasteiger partial charge on any atom is 0.0650 e. The van der Waals surface area contributed by atoms with Gasteiger partial charge < -0.3 is 5.11 Å². The van der Waals surface area contributed by atoms with Crippen molar-refractivity contribution < 1.29 is 5.11 Å². The highest BCUT2D eigenvalue weighted by Gasteiger charge is 2.34. The first kappa shape index (κ1) is 21.0. The first-order chi connectivity index (χ1) is 11.1. The average Bonchev–Trinajstić information content (AvgIpc) is 3.04. The summed E-state index contributed by atoms with van der Waals surface area (Å²) in [6.07, 6.45) is 21.6. The molecule has 0 bridgehead atoms. The molecule has 1 rings (SSSR count). The maximum absolute atomic E-state index is 10.7. The molecule has 0 aliphatic heterocycles. The van der Waals surface area contributed by atoms with Gasteiger partial charge >= 0.3 is 0 Å². The second kappa shape index (κ2) is 12.3. The number of rotatable bonds is 14. The van der Waals surface area contributed by atoms with Gasteiger partial charge in [0.05, 0.1) is 5.60 Å². The second-order valence-corrected chi connectivity index (χ2v) is 8.62. The molecule has 23 heavy (non-hydrogen) atoms. The molecule has 1 heteroatoms. The van der Waals surface area contributed by atoms with Crippen LogP contribution in [0.4, 0.5) is 0 Å². The first-order valence-corrected chi connectivity index (χ1v) is 10.8. The Kier molecular flexibility index (Phi) is 11.3. The van der Waals surface area contributed by atoms with Gasteiger partial charge in [-0.1, -0.05) is 97.3 Å². The van der Waals surface area contributed by atoms with Crippen LogP contribution in [0.15, 0.2) is 0 Å². The van der Waals surface area contributed by atoms with Crippen molar-refractivity contribution in [1.82, 2.24) is 0 Å². The summed E-state index contributed by atoms with van der Waals surface area (Å²) in [5.41, 5.74) is -0.408. The van der Waals surface area contributed by atoms with Crippen molar-refractivity contribution in [1.29, 1.82) is 0 Å². The van der Waals surface area contributed by atoms with Crippen LogP contribution in [0.3, 0.4) is 0 Å². The molecule has 2 unspecified atom stereocenters. The van der Waals surface area contributed by atoms with Crippen LogP contribution < -0.4 is 0 Å². The van der Waals surface area contributed by atoms with Crippen LogP contribution in [0.1, 0.15) is 124 Å². The minimum Gasteiger partial charge on any atom is -0.390 e. The number of hydrogen-bond donors (Lipinski definition) is 1. The van der Waals surface area contributed by atoms with E-state index in [0.29, 0.717) is 11.8 Å². The molecule has 0 aromatic rings. The van der Waals surface area contributed by atoms with E-state index in [1.807, 2.05) is 0 Å². The summed E-state index contributed by atoms with van der Waals surface area (Å²) in [4.78, 5) is 0. The van der Waals surface area contributed by atoms with E-state index in [1.54, 1.807) is 0 Å². The van der Waals surface area contributed by atoms with Crippen LogP contribution in [0.25, 0.3) is 0 Å². The van der Waals surface area contributed by atoms with Crippen LogP contribution >= 0.6 is 0 Å². The highest BCUT2D eigenvalue weighted by atomic mass is 16.3. The SMILES string of the molecule is CCCCCCCCCCCCC(C)CC(C)(O)C1CCCC1. The fraction of sp³-hybridized carbons (Fsp3) is 1.00. The first-order valence-electron chi connectivity index (χ1n) is 10.8. The Labute approximate surface area is 146 Å². The molecule has 1 fully saturated rings. The lowest BCUT2D eigenvalue weighted by atomic mass is 9.80. The van der Waals surface area contributed by atoms with Crippen molar-refractivity contribution in [3.63, 3.8) is 0 Å². The largest absolute Gasteiger partial charge is 0.390 e. The average molecular weight is 325 g/mol. The number of hydrogen-bond acceptors (Lipinski definition) is 1. The third-order valence-corrected chi connectivity index (χ3v) is 6.05. The third kappa shape index (κ3) is 9.75. The smallest absolute Gasteiger partial charge is 0.0650 e. The molecule has 0 amide bonds. The highest BCUT2D eigenvalue weighted by Crippen LogP contribution is 2.38. The van der Waals surface area contributed by atoms with E-state index in [2.05, 4.69) is 20.8 Å². The van der Waals surface area contributed by atoms with Gasteiger partial charge in [0, 0.05) is 0 Å². The van der Waals surface area contributed by atoms with E-state index in [1.165, 1.54) is 96.3 Å². The van der Waals surface area contributed by atoms with Crippen molar-refractivity contribution in [2.75, 3.05) is 0 Å². The molecule has 2 atom stereocenters.